The SMILES string of the molecule is [N-]=[N+]=NCC1CCC(=O)C1. The summed E-state index contributed by atoms with van der Waals surface area (Å²) in [6, 6.07) is 0. The molecule has 1 aliphatic carbocycles. The molecule has 1 aliphatic rings. The molecule has 0 bridgehead atoms. The zero-order chi connectivity index (χ0) is 7.40. The Hall–Kier alpha value is -1.02. The minimum absolute atomic E-state index is 0.304. The minimum Gasteiger partial charge on any atom is -0.300 e. The lowest BCUT2D eigenvalue weighted by molar-refractivity contribution is -0.117. The van der Waals surface area contributed by atoms with Crippen LogP contribution in [0.2, 0.25) is 0 Å². The maximum absolute atomic E-state index is 10.7. The zero-order valence-electron chi connectivity index (χ0n) is 5.66. The Bertz CT molecular complexity index is 183. The highest BCUT2D eigenvalue weighted by molar-refractivity contribution is 5.80. The summed E-state index contributed by atoms with van der Waals surface area (Å²) in [5.74, 6) is 0.626. The van der Waals surface area contributed by atoms with Crippen LogP contribution in [0.5, 0.6) is 0 Å². The Morgan fingerprint density at radius 2 is 2.60 bits per heavy atom. The average Bonchev–Trinajstić information content (AvgIpc) is 2.31. The van der Waals surface area contributed by atoms with Gasteiger partial charge in [-0.05, 0) is 17.9 Å². The van der Waals surface area contributed by atoms with Crippen LogP contribution < -0.4 is 0 Å². The van der Waals surface area contributed by atoms with E-state index in [9.17, 15) is 4.79 Å². The third-order valence-corrected chi connectivity index (χ3v) is 1.75. The van der Waals surface area contributed by atoms with E-state index < -0.39 is 0 Å². The zero-order valence-corrected chi connectivity index (χ0v) is 5.66. The van der Waals surface area contributed by atoms with Gasteiger partial charge >= 0.3 is 0 Å². The van der Waals surface area contributed by atoms with Crippen LogP contribution in [0.4, 0.5) is 0 Å². The molecule has 0 spiro atoms. The maximum atomic E-state index is 10.7. The normalized spacial score (nSPS) is 24.4. The molecule has 1 saturated carbocycles. The van der Waals surface area contributed by atoms with Gasteiger partial charge in [-0.1, -0.05) is 5.11 Å². The highest BCUT2D eigenvalue weighted by atomic mass is 16.1. The van der Waals surface area contributed by atoms with Gasteiger partial charge < -0.3 is 0 Å². The standard InChI is InChI=1S/C6H9N3O/c7-9-8-4-5-1-2-6(10)3-5/h5H,1-4H2. The summed E-state index contributed by atoms with van der Waals surface area (Å²) in [7, 11) is 0. The Morgan fingerprint density at radius 1 is 1.80 bits per heavy atom. The number of nitrogens with zero attached hydrogens (tertiary/aromatic N) is 3. The van der Waals surface area contributed by atoms with Gasteiger partial charge in [-0.2, -0.15) is 0 Å². The van der Waals surface area contributed by atoms with Gasteiger partial charge in [-0.15, -0.1) is 0 Å². The van der Waals surface area contributed by atoms with Gasteiger partial charge in [0.2, 0.25) is 0 Å². The Kier molecular flexibility index (Phi) is 2.29. The van der Waals surface area contributed by atoms with Crippen molar-refractivity contribution in [1.29, 1.82) is 0 Å². The van der Waals surface area contributed by atoms with Gasteiger partial charge in [0, 0.05) is 24.3 Å². The predicted molar refractivity (Wildman–Crippen MR) is 36.4 cm³/mol. The van der Waals surface area contributed by atoms with Gasteiger partial charge in [0.25, 0.3) is 0 Å². The molecule has 4 nitrogen and oxygen atoms in total. The van der Waals surface area contributed by atoms with Crippen LogP contribution in [0.15, 0.2) is 5.11 Å². The lowest BCUT2D eigenvalue weighted by Crippen LogP contribution is -1.98. The largest absolute Gasteiger partial charge is 0.300 e. The van der Waals surface area contributed by atoms with Crippen molar-refractivity contribution in [3.8, 4) is 0 Å². The Labute approximate surface area is 58.9 Å². The van der Waals surface area contributed by atoms with E-state index in [2.05, 4.69) is 10.0 Å². The second kappa shape index (κ2) is 3.22. The number of rotatable bonds is 2. The molecular formula is C6H9N3O. The van der Waals surface area contributed by atoms with Crippen molar-refractivity contribution in [2.24, 2.45) is 11.0 Å². The molecule has 0 aromatic heterocycles. The number of azide groups is 1. The van der Waals surface area contributed by atoms with Crippen molar-refractivity contribution in [1.82, 2.24) is 0 Å². The molecular weight excluding hydrogens is 130 g/mol. The van der Waals surface area contributed by atoms with Gasteiger partial charge in [0.1, 0.15) is 5.78 Å². The lowest BCUT2D eigenvalue weighted by atomic mass is 10.1. The summed E-state index contributed by atoms with van der Waals surface area (Å²) in [6.45, 7) is 0.488. The average molecular weight is 139 g/mol. The number of Topliss-reactive ketones (excluding diaryl/α,β-unsaturated/α-hetero) is 1. The summed E-state index contributed by atoms with van der Waals surface area (Å²) in [6.07, 6.45) is 2.18. The first-order chi connectivity index (χ1) is 4.83. The fourth-order valence-electron chi connectivity index (χ4n) is 1.20. The molecule has 10 heavy (non-hydrogen) atoms. The molecule has 0 heterocycles. The molecule has 0 radical (unpaired) electrons. The van der Waals surface area contributed by atoms with Crippen LogP contribution in [0.1, 0.15) is 19.3 Å². The van der Waals surface area contributed by atoms with Crippen LogP contribution in [0, 0.1) is 5.92 Å². The van der Waals surface area contributed by atoms with Crippen molar-refractivity contribution in [3.05, 3.63) is 10.4 Å². The molecule has 1 rings (SSSR count). The highest BCUT2D eigenvalue weighted by Crippen LogP contribution is 2.21. The molecule has 0 saturated heterocycles. The van der Waals surface area contributed by atoms with E-state index in [-0.39, 0.29) is 0 Å². The van der Waals surface area contributed by atoms with E-state index in [4.69, 9.17) is 5.53 Å². The maximum Gasteiger partial charge on any atom is 0.133 e. The fraction of sp³-hybridized carbons (Fsp3) is 0.833. The van der Waals surface area contributed by atoms with E-state index in [1.807, 2.05) is 0 Å². The van der Waals surface area contributed by atoms with E-state index in [1.165, 1.54) is 0 Å². The van der Waals surface area contributed by atoms with Crippen molar-refractivity contribution in [2.75, 3.05) is 6.54 Å². The van der Waals surface area contributed by atoms with Gasteiger partial charge in [0.15, 0.2) is 0 Å². The van der Waals surface area contributed by atoms with Crippen LogP contribution in [0.3, 0.4) is 0 Å². The first kappa shape index (κ1) is 7.09. The molecule has 0 aliphatic heterocycles. The summed E-state index contributed by atoms with van der Waals surface area (Å²) < 4.78 is 0. The summed E-state index contributed by atoms with van der Waals surface area (Å²) >= 11 is 0. The second-order valence-electron chi connectivity index (χ2n) is 2.56. The number of carbonyl (C=O) groups excluding carboxylic acids is 1. The third-order valence-electron chi connectivity index (χ3n) is 1.75. The topological polar surface area (TPSA) is 65.8 Å². The van der Waals surface area contributed by atoms with E-state index >= 15 is 0 Å². The molecule has 0 N–H and O–H groups in total. The minimum atomic E-state index is 0.304. The molecule has 1 unspecified atom stereocenters. The monoisotopic (exact) mass is 139 g/mol. The van der Waals surface area contributed by atoms with Crippen LogP contribution in [0.25, 0.3) is 10.4 Å². The third kappa shape index (κ3) is 1.74. The molecule has 54 valence electrons. The molecule has 4 heteroatoms. The number of hydrogen-bond acceptors (Lipinski definition) is 2. The summed E-state index contributed by atoms with van der Waals surface area (Å²) in [5.41, 5.74) is 7.97. The predicted octanol–water partition coefficient (Wildman–Crippen LogP) is 1.67. The van der Waals surface area contributed by atoms with Gasteiger partial charge in [0.05, 0.1) is 0 Å². The lowest BCUT2D eigenvalue weighted by Gasteiger charge is -1.98. The smallest absolute Gasteiger partial charge is 0.133 e. The van der Waals surface area contributed by atoms with E-state index in [0.29, 0.717) is 31.1 Å². The Balaban J connectivity index is 2.31. The Morgan fingerprint density at radius 3 is 3.10 bits per heavy atom. The summed E-state index contributed by atoms with van der Waals surface area (Å²) in [5, 5.41) is 3.42. The molecule has 0 amide bonds. The van der Waals surface area contributed by atoms with E-state index in [1.54, 1.807) is 0 Å². The van der Waals surface area contributed by atoms with E-state index in [0.717, 1.165) is 6.42 Å². The van der Waals surface area contributed by atoms with Crippen LogP contribution in [-0.4, -0.2) is 12.3 Å². The summed E-state index contributed by atoms with van der Waals surface area (Å²) in [4.78, 5) is 13.3. The van der Waals surface area contributed by atoms with Crippen molar-refractivity contribution < 1.29 is 4.79 Å². The van der Waals surface area contributed by atoms with Gasteiger partial charge in [-0.25, -0.2) is 0 Å². The van der Waals surface area contributed by atoms with Crippen molar-refractivity contribution in [2.45, 2.75) is 19.3 Å². The molecule has 1 fully saturated rings. The first-order valence-corrected chi connectivity index (χ1v) is 3.35. The molecule has 0 aromatic carbocycles. The highest BCUT2D eigenvalue weighted by Gasteiger charge is 2.20. The number of ketones is 1. The first-order valence-electron chi connectivity index (χ1n) is 3.35. The van der Waals surface area contributed by atoms with Crippen molar-refractivity contribution in [3.63, 3.8) is 0 Å². The van der Waals surface area contributed by atoms with Gasteiger partial charge in [-0.3, -0.25) is 4.79 Å². The van der Waals surface area contributed by atoms with Crippen molar-refractivity contribution >= 4 is 5.78 Å². The quantitative estimate of drug-likeness (QED) is 0.326. The molecule has 1 atom stereocenters. The second-order valence-corrected chi connectivity index (χ2v) is 2.56. The molecule has 0 aromatic rings. The van der Waals surface area contributed by atoms with Crippen LogP contribution >= 0.6 is 0 Å². The number of carbonyl (C=O) groups is 1. The van der Waals surface area contributed by atoms with Crippen LogP contribution in [-0.2, 0) is 4.79 Å². The number of hydrogen-bond donors (Lipinski definition) is 0. The fourth-order valence-corrected chi connectivity index (χ4v) is 1.20.